The van der Waals surface area contributed by atoms with Crippen molar-refractivity contribution in [3.05, 3.63) is 29.3 Å². The van der Waals surface area contributed by atoms with Crippen LogP contribution in [-0.4, -0.2) is 20.8 Å². The highest BCUT2D eigenvalue weighted by Crippen LogP contribution is 2.24. The molecule has 0 aromatic heterocycles. The maximum atomic E-state index is 5.93. The number of nitrogens with two attached hydrogens (primary N) is 1. The molecule has 0 bridgehead atoms. The number of rotatable bonds is 4. The van der Waals surface area contributed by atoms with E-state index in [0.717, 1.165) is 16.9 Å². The lowest BCUT2D eigenvalue weighted by atomic mass is 10.1. The van der Waals surface area contributed by atoms with E-state index in [1.807, 2.05) is 25.1 Å². The summed E-state index contributed by atoms with van der Waals surface area (Å²) in [6, 6.07) is 5.85. The summed E-state index contributed by atoms with van der Waals surface area (Å²) in [6.07, 6.45) is 0. The third-order valence-electron chi connectivity index (χ3n) is 2.13. The minimum Gasteiger partial charge on any atom is -0.496 e. The summed E-state index contributed by atoms with van der Waals surface area (Å²) in [5, 5.41) is 0. The van der Waals surface area contributed by atoms with Gasteiger partial charge < -0.3 is 15.2 Å². The molecule has 0 aliphatic heterocycles. The van der Waals surface area contributed by atoms with Gasteiger partial charge in [-0.1, -0.05) is 12.1 Å². The first-order chi connectivity index (χ1) is 6.69. The van der Waals surface area contributed by atoms with E-state index in [0.29, 0.717) is 6.61 Å². The lowest BCUT2D eigenvalue weighted by molar-refractivity contribution is 0.179. The molecule has 0 amide bonds. The Hall–Kier alpha value is -1.06. The molecule has 1 rings (SSSR count). The van der Waals surface area contributed by atoms with Gasteiger partial charge in [-0.3, -0.25) is 0 Å². The number of benzene rings is 1. The lowest BCUT2D eigenvalue weighted by Gasteiger charge is -2.15. The fraction of sp³-hybridized carbons (Fsp3) is 0.455. The maximum Gasteiger partial charge on any atom is 0.123 e. The average molecular weight is 195 g/mol. The van der Waals surface area contributed by atoms with Gasteiger partial charge in [-0.05, 0) is 18.6 Å². The van der Waals surface area contributed by atoms with Crippen LogP contribution in [0.15, 0.2) is 18.2 Å². The topological polar surface area (TPSA) is 44.5 Å². The molecule has 1 aromatic carbocycles. The van der Waals surface area contributed by atoms with Crippen molar-refractivity contribution in [2.75, 3.05) is 20.8 Å². The van der Waals surface area contributed by atoms with Gasteiger partial charge in [-0.25, -0.2) is 0 Å². The Balaban J connectivity index is 2.95. The van der Waals surface area contributed by atoms with Crippen LogP contribution >= 0.6 is 0 Å². The van der Waals surface area contributed by atoms with Crippen LogP contribution < -0.4 is 10.5 Å². The summed E-state index contributed by atoms with van der Waals surface area (Å²) in [4.78, 5) is 0. The summed E-state index contributed by atoms with van der Waals surface area (Å²) in [6.45, 7) is 2.52. The quantitative estimate of drug-likeness (QED) is 0.794. The smallest absolute Gasteiger partial charge is 0.123 e. The summed E-state index contributed by atoms with van der Waals surface area (Å²) < 4.78 is 10.3. The van der Waals surface area contributed by atoms with Crippen LogP contribution in [0.25, 0.3) is 0 Å². The Labute approximate surface area is 84.8 Å². The largest absolute Gasteiger partial charge is 0.496 e. The van der Waals surface area contributed by atoms with Gasteiger partial charge in [0.2, 0.25) is 0 Å². The third-order valence-corrected chi connectivity index (χ3v) is 2.13. The molecular weight excluding hydrogens is 178 g/mol. The molecule has 78 valence electrons. The summed E-state index contributed by atoms with van der Waals surface area (Å²) in [5.41, 5.74) is 8.08. The van der Waals surface area contributed by atoms with Gasteiger partial charge >= 0.3 is 0 Å². The number of hydrogen-bond acceptors (Lipinski definition) is 3. The van der Waals surface area contributed by atoms with Crippen molar-refractivity contribution < 1.29 is 9.47 Å². The van der Waals surface area contributed by atoms with Crippen LogP contribution in [0.5, 0.6) is 5.75 Å². The molecule has 0 saturated heterocycles. The fourth-order valence-corrected chi connectivity index (χ4v) is 1.39. The van der Waals surface area contributed by atoms with Gasteiger partial charge in [0.1, 0.15) is 5.75 Å². The van der Waals surface area contributed by atoms with E-state index < -0.39 is 0 Å². The molecule has 0 fully saturated rings. The van der Waals surface area contributed by atoms with Crippen molar-refractivity contribution in [1.29, 1.82) is 0 Å². The van der Waals surface area contributed by atoms with Crippen LogP contribution in [0.1, 0.15) is 17.2 Å². The molecule has 0 radical (unpaired) electrons. The normalized spacial score (nSPS) is 12.6. The lowest BCUT2D eigenvalue weighted by Crippen LogP contribution is -2.17. The Kier molecular flexibility index (Phi) is 3.92. The van der Waals surface area contributed by atoms with Gasteiger partial charge in [-0.2, -0.15) is 0 Å². The molecule has 1 aromatic rings. The second-order valence-corrected chi connectivity index (χ2v) is 3.31. The van der Waals surface area contributed by atoms with E-state index in [9.17, 15) is 0 Å². The maximum absolute atomic E-state index is 5.93. The predicted molar refractivity (Wildman–Crippen MR) is 56.5 cm³/mol. The predicted octanol–water partition coefficient (Wildman–Crippen LogP) is 1.65. The highest BCUT2D eigenvalue weighted by atomic mass is 16.5. The van der Waals surface area contributed by atoms with Crippen molar-refractivity contribution in [3.63, 3.8) is 0 Å². The van der Waals surface area contributed by atoms with Crippen LogP contribution in [0.4, 0.5) is 0 Å². The molecular formula is C11H17NO2. The van der Waals surface area contributed by atoms with Gasteiger partial charge in [0.25, 0.3) is 0 Å². The summed E-state index contributed by atoms with van der Waals surface area (Å²) in [7, 11) is 3.29. The molecule has 0 aliphatic rings. The molecule has 0 heterocycles. The van der Waals surface area contributed by atoms with Crippen LogP contribution in [0.2, 0.25) is 0 Å². The fourth-order valence-electron chi connectivity index (χ4n) is 1.39. The molecule has 2 N–H and O–H groups in total. The van der Waals surface area contributed by atoms with E-state index in [2.05, 4.69) is 0 Å². The van der Waals surface area contributed by atoms with Crippen molar-refractivity contribution in [3.8, 4) is 5.75 Å². The summed E-state index contributed by atoms with van der Waals surface area (Å²) >= 11 is 0. The second-order valence-electron chi connectivity index (χ2n) is 3.31. The van der Waals surface area contributed by atoms with E-state index >= 15 is 0 Å². The minimum atomic E-state index is -0.129. The molecule has 1 unspecified atom stereocenters. The monoisotopic (exact) mass is 195 g/mol. The molecule has 0 aliphatic carbocycles. The zero-order valence-electron chi connectivity index (χ0n) is 8.91. The molecule has 3 heteroatoms. The number of hydrogen-bond donors (Lipinski definition) is 1. The molecule has 0 saturated carbocycles. The molecule has 0 spiro atoms. The zero-order chi connectivity index (χ0) is 10.6. The third kappa shape index (κ3) is 2.47. The van der Waals surface area contributed by atoms with E-state index in [-0.39, 0.29) is 6.04 Å². The Bertz CT molecular complexity index is 299. The summed E-state index contributed by atoms with van der Waals surface area (Å²) in [5.74, 6) is 0.828. The zero-order valence-corrected chi connectivity index (χ0v) is 8.91. The van der Waals surface area contributed by atoms with Gasteiger partial charge in [0.15, 0.2) is 0 Å². The number of methoxy groups -OCH3 is 2. The Morgan fingerprint density at radius 3 is 2.64 bits per heavy atom. The first-order valence-corrected chi connectivity index (χ1v) is 4.58. The standard InChI is InChI=1S/C11H17NO2/c1-8-4-5-9(10(12)7-13-2)11(6-8)14-3/h4-6,10H,7,12H2,1-3H3. The molecule has 14 heavy (non-hydrogen) atoms. The van der Waals surface area contributed by atoms with Gasteiger partial charge in [-0.15, -0.1) is 0 Å². The number of aryl methyl sites for hydroxylation is 1. The highest BCUT2D eigenvalue weighted by Gasteiger charge is 2.11. The number of ether oxygens (including phenoxy) is 2. The van der Waals surface area contributed by atoms with Crippen molar-refractivity contribution in [2.24, 2.45) is 5.73 Å². The van der Waals surface area contributed by atoms with Crippen LogP contribution in [-0.2, 0) is 4.74 Å². The molecule has 1 atom stereocenters. The van der Waals surface area contributed by atoms with E-state index in [1.54, 1.807) is 14.2 Å². The van der Waals surface area contributed by atoms with Crippen molar-refractivity contribution in [1.82, 2.24) is 0 Å². The van der Waals surface area contributed by atoms with Crippen LogP contribution in [0.3, 0.4) is 0 Å². The second kappa shape index (κ2) is 4.98. The average Bonchev–Trinajstić information content (AvgIpc) is 2.17. The van der Waals surface area contributed by atoms with Crippen LogP contribution in [0, 0.1) is 6.92 Å². The Morgan fingerprint density at radius 2 is 2.07 bits per heavy atom. The minimum absolute atomic E-state index is 0.129. The van der Waals surface area contributed by atoms with E-state index in [4.69, 9.17) is 15.2 Å². The van der Waals surface area contributed by atoms with Gasteiger partial charge in [0.05, 0.1) is 19.8 Å². The highest BCUT2D eigenvalue weighted by molar-refractivity contribution is 5.39. The molecule has 3 nitrogen and oxygen atoms in total. The Morgan fingerprint density at radius 1 is 1.36 bits per heavy atom. The first-order valence-electron chi connectivity index (χ1n) is 4.58. The van der Waals surface area contributed by atoms with Gasteiger partial charge in [0, 0.05) is 12.7 Å². The SMILES string of the molecule is COCC(N)c1ccc(C)cc1OC. The van der Waals surface area contributed by atoms with E-state index in [1.165, 1.54) is 0 Å². The van der Waals surface area contributed by atoms with Crippen molar-refractivity contribution >= 4 is 0 Å². The first kappa shape index (κ1) is 11.0. The van der Waals surface area contributed by atoms with Crippen molar-refractivity contribution in [2.45, 2.75) is 13.0 Å².